The minimum atomic E-state index is -3.46. The summed E-state index contributed by atoms with van der Waals surface area (Å²) in [5, 5.41) is 3.17. The Morgan fingerprint density at radius 1 is 1.25 bits per heavy atom. The Hall–Kier alpha value is -1.11. The van der Waals surface area contributed by atoms with E-state index in [1.807, 2.05) is 26.8 Å². The minimum Gasteiger partial charge on any atom is -0.381 e. The van der Waals surface area contributed by atoms with Crippen molar-refractivity contribution in [1.82, 2.24) is 4.31 Å². The molecule has 0 aromatic heterocycles. The zero-order chi connectivity index (χ0) is 15.4. The molecule has 0 saturated heterocycles. The summed E-state index contributed by atoms with van der Waals surface area (Å²) in [6, 6.07) is 6.89. The summed E-state index contributed by atoms with van der Waals surface area (Å²) in [5.41, 5.74) is 0.234. The molecule has 0 radical (unpaired) electrons. The highest BCUT2D eigenvalue weighted by Crippen LogP contribution is 2.24. The van der Waals surface area contributed by atoms with Crippen LogP contribution >= 0.6 is 0 Å². The quantitative estimate of drug-likeness (QED) is 0.838. The second kappa shape index (κ2) is 6.56. The van der Waals surface area contributed by atoms with E-state index in [2.05, 4.69) is 5.32 Å². The molecule has 0 aliphatic rings. The highest BCUT2D eigenvalue weighted by atomic mass is 32.2. The first-order valence-electron chi connectivity index (χ1n) is 6.60. The number of anilines is 1. The molecule has 114 valence electrons. The smallest absolute Gasteiger partial charge is 0.244 e. The van der Waals surface area contributed by atoms with Gasteiger partial charge in [0, 0.05) is 27.2 Å². The first-order valence-corrected chi connectivity index (χ1v) is 8.04. The molecule has 0 aliphatic heterocycles. The van der Waals surface area contributed by atoms with Crippen molar-refractivity contribution in [2.24, 2.45) is 0 Å². The Morgan fingerprint density at radius 3 is 2.40 bits per heavy atom. The first-order chi connectivity index (χ1) is 9.20. The fraction of sp³-hybridized carbons (Fsp3) is 0.571. The number of benzene rings is 1. The third-order valence-corrected chi connectivity index (χ3v) is 4.76. The number of sulfonamides is 1. The molecule has 5 nitrogen and oxygen atoms in total. The normalized spacial score (nSPS) is 12.7. The van der Waals surface area contributed by atoms with Gasteiger partial charge in [-0.05, 0) is 32.9 Å². The average Bonchev–Trinajstić information content (AvgIpc) is 2.36. The summed E-state index contributed by atoms with van der Waals surface area (Å²) in [6.07, 6.45) is 0. The highest BCUT2D eigenvalue weighted by molar-refractivity contribution is 7.89. The summed E-state index contributed by atoms with van der Waals surface area (Å²) < 4.78 is 31.3. The van der Waals surface area contributed by atoms with E-state index in [0.29, 0.717) is 18.8 Å². The number of ether oxygens (including phenoxy) is 1. The number of nitrogens with zero attached hydrogens (tertiary/aromatic N) is 1. The highest BCUT2D eigenvalue weighted by Gasteiger charge is 2.23. The molecule has 1 aromatic rings. The SMILES string of the molecule is CCOC(C)(C)CNc1ccccc1S(=O)(=O)N(C)C. The number of hydrogen-bond acceptors (Lipinski definition) is 4. The van der Waals surface area contributed by atoms with Gasteiger partial charge in [-0.1, -0.05) is 12.1 Å². The van der Waals surface area contributed by atoms with E-state index in [1.54, 1.807) is 18.2 Å². The molecule has 0 aliphatic carbocycles. The van der Waals surface area contributed by atoms with Gasteiger partial charge in [-0.2, -0.15) is 0 Å². The van der Waals surface area contributed by atoms with E-state index in [-0.39, 0.29) is 10.5 Å². The molecule has 0 saturated carbocycles. The summed E-state index contributed by atoms with van der Waals surface area (Å²) in [4.78, 5) is 0.275. The van der Waals surface area contributed by atoms with Crippen molar-refractivity contribution in [3.05, 3.63) is 24.3 Å². The molecule has 0 unspecified atom stereocenters. The molecule has 0 fully saturated rings. The molecule has 1 rings (SSSR count). The van der Waals surface area contributed by atoms with Gasteiger partial charge in [-0.25, -0.2) is 12.7 Å². The summed E-state index contributed by atoms with van der Waals surface area (Å²) >= 11 is 0. The topological polar surface area (TPSA) is 58.6 Å². The van der Waals surface area contributed by atoms with Crippen LogP contribution in [0.25, 0.3) is 0 Å². The molecule has 0 heterocycles. The lowest BCUT2D eigenvalue weighted by atomic mass is 10.1. The maximum atomic E-state index is 12.3. The van der Waals surface area contributed by atoms with Crippen LogP contribution in [0.15, 0.2) is 29.2 Å². The molecule has 1 N–H and O–H groups in total. The van der Waals surface area contributed by atoms with E-state index < -0.39 is 10.0 Å². The molecule has 0 amide bonds. The monoisotopic (exact) mass is 300 g/mol. The van der Waals surface area contributed by atoms with Gasteiger partial charge in [-0.3, -0.25) is 0 Å². The van der Waals surface area contributed by atoms with E-state index >= 15 is 0 Å². The Labute approximate surface area is 122 Å². The van der Waals surface area contributed by atoms with Crippen LogP contribution in [-0.2, 0) is 14.8 Å². The molecular formula is C14H24N2O3S. The molecule has 0 bridgehead atoms. The van der Waals surface area contributed by atoms with E-state index in [1.165, 1.54) is 18.4 Å². The second-order valence-electron chi connectivity index (χ2n) is 5.33. The third kappa shape index (κ3) is 4.19. The number of hydrogen-bond donors (Lipinski definition) is 1. The van der Waals surface area contributed by atoms with Gasteiger partial charge in [-0.15, -0.1) is 0 Å². The van der Waals surface area contributed by atoms with Crippen LogP contribution in [0, 0.1) is 0 Å². The summed E-state index contributed by atoms with van der Waals surface area (Å²) in [5.74, 6) is 0. The van der Waals surface area contributed by atoms with Crippen LogP contribution in [0.5, 0.6) is 0 Å². The van der Waals surface area contributed by atoms with Crippen molar-refractivity contribution in [2.75, 3.05) is 32.6 Å². The fourth-order valence-corrected chi connectivity index (χ4v) is 2.85. The standard InChI is InChI=1S/C14H24N2O3S/c1-6-19-14(2,3)11-15-12-9-7-8-10-13(12)20(17,18)16(4)5/h7-10,15H,6,11H2,1-5H3. The fourth-order valence-electron chi connectivity index (χ4n) is 1.78. The van der Waals surface area contributed by atoms with Crippen molar-refractivity contribution in [3.63, 3.8) is 0 Å². The molecule has 0 atom stereocenters. The summed E-state index contributed by atoms with van der Waals surface area (Å²) in [6.45, 7) is 7.01. The predicted octanol–water partition coefficient (Wildman–Crippen LogP) is 2.16. The van der Waals surface area contributed by atoms with Crippen LogP contribution in [0.1, 0.15) is 20.8 Å². The van der Waals surface area contributed by atoms with Crippen molar-refractivity contribution >= 4 is 15.7 Å². The maximum Gasteiger partial charge on any atom is 0.244 e. The van der Waals surface area contributed by atoms with Gasteiger partial charge in [0.25, 0.3) is 0 Å². The zero-order valence-electron chi connectivity index (χ0n) is 12.8. The Bertz CT molecular complexity index is 539. The van der Waals surface area contributed by atoms with Crippen LogP contribution in [-0.4, -0.2) is 45.6 Å². The molecule has 0 spiro atoms. The lowest BCUT2D eigenvalue weighted by molar-refractivity contribution is 0.000659. The number of nitrogens with one attached hydrogen (secondary N) is 1. The third-order valence-electron chi connectivity index (χ3n) is 2.89. The molecular weight excluding hydrogens is 276 g/mol. The Balaban J connectivity index is 2.98. The Kier molecular flexibility index (Phi) is 5.56. The van der Waals surface area contributed by atoms with Crippen LogP contribution in [0.4, 0.5) is 5.69 Å². The molecule has 1 aromatic carbocycles. The van der Waals surface area contributed by atoms with Crippen molar-refractivity contribution in [1.29, 1.82) is 0 Å². The van der Waals surface area contributed by atoms with Crippen molar-refractivity contribution in [2.45, 2.75) is 31.3 Å². The largest absolute Gasteiger partial charge is 0.381 e. The van der Waals surface area contributed by atoms with Crippen LogP contribution < -0.4 is 5.32 Å². The predicted molar refractivity (Wildman–Crippen MR) is 81.5 cm³/mol. The van der Waals surface area contributed by atoms with Gasteiger partial charge in [0.1, 0.15) is 4.90 Å². The Morgan fingerprint density at radius 2 is 1.85 bits per heavy atom. The molecule has 6 heteroatoms. The van der Waals surface area contributed by atoms with Gasteiger partial charge in [0.05, 0.1) is 11.3 Å². The lowest BCUT2D eigenvalue weighted by Gasteiger charge is -2.26. The number of rotatable bonds is 7. The maximum absolute atomic E-state index is 12.3. The van der Waals surface area contributed by atoms with Crippen LogP contribution in [0.2, 0.25) is 0 Å². The van der Waals surface area contributed by atoms with E-state index in [9.17, 15) is 8.42 Å². The first kappa shape index (κ1) is 16.9. The van der Waals surface area contributed by atoms with Gasteiger partial charge in [0.2, 0.25) is 10.0 Å². The van der Waals surface area contributed by atoms with Crippen LogP contribution in [0.3, 0.4) is 0 Å². The van der Waals surface area contributed by atoms with Gasteiger partial charge in [0.15, 0.2) is 0 Å². The summed E-state index contributed by atoms with van der Waals surface area (Å²) in [7, 11) is -0.409. The zero-order valence-corrected chi connectivity index (χ0v) is 13.6. The average molecular weight is 300 g/mol. The minimum absolute atomic E-state index is 0.275. The van der Waals surface area contributed by atoms with E-state index in [0.717, 1.165) is 0 Å². The van der Waals surface area contributed by atoms with Crippen molar-refractivity contribution < 1.29 is 13.2 Å². The van der Waals surface area contributed by atoms with Gasteiger partial charge >= 0.3 is 0 Å². The number of para-hydroxylation sites is 1. The second-order valence-corrected chi connectivity index (χ2v) is 7.45. The molecule has 20 heavy (non-hydrogen) atoms. The van der Waals surface area contributed by atoms with E-state index in [4.69, 9.17) is 4.74 Å². The van der Waals surface area contributed by atoms with Gasteiger partial charge < -0.3 is 10.1 Å². The van der Waals surface area contributed by atoms with Crippen molar-refractivity contribution in [3.8, 4) is 0 Å². The lowest BCUT2D eigenvalue weighted by Crippen LogP contribution is -2.34.